The summed E-state index contributed by atoms with van der Waals surface area (Å²) in [4.78, 5) is 12.9. The number of hydrogen-bond acceptors (Lipinski definition) is 4. The third-order valence-electron chi connectivity index (χ3n) is 3.97. The summed E-state index contributed by atoms with van der Waals surface area (Å²) < 4.78 is 5.51. The van der Waals surface area contributed by atoms with Gasteiger partial charge in [-0.3, -0.25) is 4.79 Å². The SMILES string of the molecule is COc1cc(CNCC(=O)O)ccc1N1CCC(C)CC1. The highest BCUT2D eigenvalue weighted by atomic mass is 16.5. The fourth-order valence-corrected chi connectivity index (χ4v) is 2.66. The zero-order chi connectivity index (χ0) is 15.2. The molecule has 0 spiro atoms. The highest BCUT2D eigenvalue weighted by Gasteiger charge is 2.19. The molecule has 116 valence electrons. The van der Waals surface area contributed by atoms with Gasteiger partial charge in [0.1, 0.15) is 5.75 Å². The number of ether oxygens (including phenoxy) is 1. The molecule has 0 unspecified atom stereocenters. The maximum Gasteiger partial charge on any atom is 0.317 e. The van der Waals surface area contributed by atoms with E-state index in [1.54, 1.807) is 7.11 Å². The molecule has 0 aliphatic carbocycles. The van der Waals surface area contributed by atoms with E-state index in [0.29, 0.717) is 6.54 Å². The van der Waals surface area contributed by atoms with Gasteiger partial charge in [-0.1, -0.05) is 13.0 Å². The molecule has 5 heteroatoms. The molecule has 0 radical (unpaired) electrons. The average molecular weight is 292 g/mol. The van der Waals surface area contributed by atoms with E-state index < -0.39 is 5.97 Å². The minimum atomic E-state index is -0.846. The van der Waals surface area contributed by atoms with Crippen LogP contribution >= 0.6 is 0 Å². The molecule has 0 atom stereocenters. The quantitative estimate of drug-likeness (QED) is 0.841. The Kier molecular flexibility index (Phi) is 5.44. The Hall–Kier alpha value is -1.75. The van der Waals surface area contributed by atoms with Gasteiger partial charge in [0.25, 0.3) is 0 Å². The molecule has 1 saturated heterocycles. The van der Waals surface area contributed by atoms with Crippen LogP contribution in [0.3, 0.4) is 0 Å². The molecule has 1 aliphatic heterocycles. The first kappa shape index (κ1) is 15.6. The van der Waals surface area contributed by atoms with Gasteiger partial charge < -0.3 is 20.1 Å². The summed E-state index contributed by atoms with van der Waals surface area (Å²) in [5, 5.41) is 11.5. The van der Waals surface area contributed by atoms with Crippen LogP contribution in [0.25, 0.3) is 0 Å². The predicted octanol–water partition coefficient (Wildman–Crippen LogP) is 2.11. The first-order valence-corrected chi connectivity index (χ1v) is 7.44. The molecule has 5 nitrogen and oxygen atoms in total. The zero-order valence-corrected chi connectivity index (χ0v) is 12.8. The van der Waals surface area contributed by atoms with E-state index in [0.717, 1.165) is 36.0 Å². The number of nitrogens with zero attached hydrogens (tertiary/aromatic N) is 1. The molecule has 1 aliphatic rings. The Morgan fingerprint density at radius 1 is 1.43 bits per heavy atom. The smallest absolute Gasteiger partial charge is 0.317 e. The number of methoxy groups -OCH3 is 1. The summed E-state index contributed by atoms with van der Waals surface area (Å²) in [6.07, 6.45) is 2.43. The van der Waals surface area contributed by atoms with E-state index in [2.05, 4.69) is 23.2 Å². The van der Waals surface area contributed by atoms with Crippen molar-refractivity contribution in [3.8, 4) is 5.75 Å². The standard InChI is InChI=1S/C16H24N2O3/c1-12-5-7-18(8-6-12)14-4-3-13(9-15(14)21-2)10-17-11-16(19)20/h3-4,9,12,17H,5-8,10-11H2,1-2H3,(H,19,20). The Labute approximate surface area is 125 Å². The Bertz CT molecular complexity index is 482. The number of carboxylic acids is 1. The molecule has 0 amide bonds. The van der Waals surface area contributed by atoms with Crippen molar-refractivity contribution in [2.45, 2.75) is 26.3 Å². The molecule has 2 rings (SSSR count). The van der Waals surface area contributed by atoms with Crippen LogP contribution in [0.5, 0.6) is 5.75 Å². The molecule has 1 heterocycles. The summed E-state index contributed by atoms with van der Waals surface area (Å²) in [6, 6.07) is 6.10. The Morgan fingerprint density at radius 3 is 2.76 bits per heavy atom. The third-order valence-corrected chi connectivity index (χ3v) is 3.97. The van der Waals surface area contributed by atoms with Crippen LogP contribution in [-0.2, 0) is 11.3 Å². The summed E-state index contributed by atoms with van der Waals surface area (Å²) in [5.74, 6) is 0.812. The Balaban J connectivity index is 2.04. The van der Waals surface area contributed by atoms with Crippen molar-refractivity contribution in [3.05, 3.63) is 23.8 Å². The first-order valence-electron chi connectivity index (χ1n) is 7.44. The average Bonchev–Trinajstić information content (AvgIpc) is 2.48. The van der Waals surface area contributed by atoms with Crippen molar-refractivity contribution in [3.63, 3.8) is 0 Å². The maximum absolute atomic E-state index is 10.5. The van der Waals surface area contributed by atoms with E-state index in [1.165, 1.54) is 12.8 Å². The van der Waals surface area contributed by atoms with Crippen LogP contribution in [-0.4, -0.2) is 37.8 Å². The second-order valence-corrected chi connectivity index (χ2v) is 5.67. The van der Waals surface area contributed by atoms with Crippen molar-refractivity contribution < 1.29 is 14.6 Å². The van der Waals surface area contributed by atoms with Gasteiger partial charge in [0.15, 0.2) is 0 Å². The summed E-state index contributed by atoms with van der Waals surface area (Å²) >= 11 is 0. The number of rotatable bonds is 6. The van der Waals surface area contributed by atoms with Crippen molar-refractivity contribution in [2.75, 3.05) is 31.6 Å². The van der Waals surface area contributed by atoms with Crippen LogP contribution in [0, 0.1) is 5.92 Å². The van der Waals surface area contributed by atoms with Crippen molar-refractivity contribution in [2.24, 2.45) is 5.92 Å². The topological polar surface area (TPSA) is 61.8 Å². The molecule has 0 saturated carbocycles. The number of nitrogens with one attached hydrogen (secondary N) is 1. The molecular weight excluding hydrogens is 268 g/mol. The minimum Gasteiger partial charge on any atom is -0.495 e. The predicted molar refractivity (Wildman–Crippen MR) is 82.9 cm³/mol. The van der Waals surface area contributed by atoms with Gasteiger partial charge in [-0.2, -0.15) is 0 Å². The molecular formula is C16H24N2O3. The minimum absolute atomic E-state index is 0.0337. The van der Waals surface area contributed by atoms with Gasteiger partial charge >= 0.3 is 5.97 Å². The monoisotopic (exact) mass is 292 g/mol. The van der Waals surface area contributed by atoms with E-state index in [-0.39, 0.29) is 6.54 Å². The number of benzene rings is 1. The summed E-state index contributed by atoms with van der Waals surface area (Å²) in [7, 11) is 1.68. The van der Waals surface area contributed by atoms with Gasteiger partial charge in [-0.25, -0.2) is 0 Å². The highest BCUT2D eigenvalue weighted by molar-refractivity contribution is 5.69. The number of carboxylic acid groups (broad SMARTS) is 1. The first-order chi connectivity index (χ1) is 10.1. The third kappa shape index (κ3) is 4.36. The van der Waals surface area contributed by atoms with Crippen molar-refractivity contribution >= 4 is 11.7 Å². The molecule has 1 aromatic rings. The van der Waals surface area contributed by atoms with Crippen LogP contribution in [0.2, 0.25) is 0 Å². The maximum atomic E-state index is 10.5. The number of anilines is 1. The molecule has 2 N–H and O–H groups in total. The number of carbonyl (C=O) groups is 1. The van der Waals surface area contributed by atoms with Gasteiger partial charge in [-0.05, 0) is 36.5 Å². The lowest BCUT2D eigenvalue weighted by atomic mass is 9.98. The lowest BCUT2D eigenvalue weighted by Crippen LogP contribution is -2.33. The second kappa shape index (κ2) is 7.31. The molecule has 0 aromatic heterocycles. The van der Waals surface area contributed by atoms with E-state index >= 15 is 0 Å². The fourth-order valence-electron chi connectivity index (χ4n) is 2.66. The number of aliphatic carboxylic acids is 1. The lowest BCUT2D eigenvalue weighted by molar-refractivity contribution is -0.135. The number of piperidine rings is 1. The van der Waals surface area contributed by atoms with Gasteiger partial charge in [0.05, 0.1) is 19.3 Å². The zero-order valence-electron chi connectivity index (χ0n) is 12.8. The van der Waals surface area contributed by atoms with Crippen LogP contribution in [0.4, 0.5) is 5.69 Å². The molecule has 1 fully saturated rings. The van der Waals surface area contributed by atoms with Crippen LogP contribution in [0.1, 0.15) is 25.3 Å². The fraction of sp³-hybridized carbons (Fsp3) is 0.562. The van der Waals surface area contributed by atoms with Crippen LogP contribution in [0.15, 0.2) is 18.2 Å². The molecule has 21 heavy (non-hydrogen) atoms. The summed E-state index contributed by atoms with van der Waals surface area (Å²) in [6.45, 7) is 4.92. The Morgan fingerprint density at radius 2 is 2.14 bits per heavy atom. The van der Waals surface area contributed by atoms with Gasteiger partial charge in [0, 0.05) is 19.6 Å². The van der Waals surface area contributed by atoms with Crippen molar-refractivity contribution in [1.29, 1.82) is 0 Å². The highest BCUT2D eigenvalue weighted by Crippen LogP contribution is 2.32. The lowest BCUT2D eigenvalue weighted by Gasteiger charge is -2.33. The van der Waals surface area contributed by atoms with Gasteiger partial charge in [-0.15, -0.1) is 0 Å². The molecule has 0 bridgehead atoms. The van der Waals surface area contributed by atoms with Crippen molar-refractivity contribution in [1.82, 2.24) is 5.32 Å². The second-order valence-electron chi connectivity index (χ2n) is 5.67. The number of hydrogen-bond donors (Lipinski definition) is 2. The normalized spacial score (nSPS) is 16.0. The van der Waals surface area contributed by atoms with E-state index in [1.807, 2.05) is 12.1 Å². The van der Waals surface area contributed by atoms with Gasteiger partial charge in [0.2, 0.25) is 0 Å². The van der Waals surface area contributed by atoms with Crippen LogP contribution < -0.4 is 15.0 Å². The van der Waals surface area contributed by atoms with E-state index in [9.17, 15) is 4.79 Å². The molecule has 1 aromatic carbocycles. The summed E-state index contributed by atoms with van der Waals surface area (Å²) in [5.41, 5.74) is 2.16. The largest absolute Gasteiger partial charge is 0.495 e. The van der Waals surface area contributed by atoms with E-state index in [4.69, 9.17) is 9.84 Å².